The molecule has 2 aromatic carbocycles. The number of benzene rings is 2. The second kappa shape index (κ2) is 8.66. The number of aromatic amines is 1. The minimum absolute atomic E-state index is 0.0398. The molecule has 3 rings (SSSR count). The van der Waals surface area contributed by atoms with Crippen LogP contribution in [0.3, 0.4) is 0 Å². The first-order chi connectivity index (χ1) is 14.3. The van der Waals surface area contributed by atoms with Gasteiger partial charge in [-0.3, -0.25) is 0 Å². The van der Waals surface area contributed by atoms with Gasteiger partial charge in [0, 0.05) is 0 Å². The van der Waals surface area contributed by atoms with Crippen molar-refractivity contribution in [3.63, 3.8) is 0 Å². The van der Waals surface area contributed by atoms with Gasteiger partial charge < -0.3 is 4.74 Å². The van der Waals surface area contributed by atoms with Crippen LogP contribution in [0.5, 0.6) is 0 Å². The van der Waals surface area contributed by atoms with Crippen molar-refractivity contribution in [2.45, 2.75) is 19.7 Å². The third kappa shape index (κ3) is 4.75. The predicted molar refractivity (Wildman–Crippen MR) is 107 cm³/mol. The molecule has 0 bridgehead atoms. The van der Waals surface area contributed by atoms with Gasteiger partial charge in [0.25, 0.3) is 0 Å². The molecular formula is C22H17F3N4O. The largest absolute Gasteiger partial charge is 0.494 e. The molecule has 0 aliphatic heterocycles. The third-order valence-electron chi connectivity index (χ3n) is 4.31. The number of aromatic nitrogens is 3. The van der Waals surface area contributed by atoms with Crippen molar-refractivity contribution >= 4 is 16.3 Å². The minimum atomic E-state index is -4.65. The van der Waals surface area contributed by atoms with E-state index in [0.717, 1.165) is 28.5 Å². The van der Waals surface area contributed by atoms with E-state index in [1.807, 2.05) is 42.5 Å². The molecule has 1 N–H and O–H groups in total. The van der Waals surface area contributed by atoms with Crippen molar-refractivity contribution in [2.75, 3.05) is 0 Å². The van der Waals surface area contributed by atoms with Crippen LogP contribution in [0.25, 0.3) is 16.3 Å². The van der Waals surface area contributed by atoms with Gasteiger partial charge in [0.15, 0.2) is 5.69 Å². The van der Waals surface area contributed by atoms with Gasteiger partial charge in [-0.25, -0.2) is 0 Å². The highest BCUT2D eigenvalue weighted by atomic mass is 19.4. The molecule has 5 nitrogen and oxygen atoms in total. The Morgan fingerprint density at radius 3 is 2.63 bits per heavy atom. The highest BCUT2D eigenvalue weighted by molar-refractivity contribution is 5.85. The monoisotopic (exact) mass is 410 g/mol. The fourth-order valence-corrected chi connectivity index (χ4v) is 2.86. The topological polar surface area (TPSA) is 74.6 Å². The Bertz CT molecular complexity index is 1180. The van der Waals surface area contributed by atoms with Crippen LogP contribution in [0.15, 0.2) is 72.5 Å². The molecular weight excluding hydrogens is 393 g/mol. The Balaban J connectivity index is 1.83. The highest BCUT2D eigenvalue weighted by Crippen LogP contribution is 2.31. The van der Waals surface area contributed by atoms with Gasteiger partial charge in [-0.1, -0.05) is 49.0 Å². The van der Waals surface area contributed by atoms with Crippen LogP contribution in [-0.4, -0.2) is 21.6 Å². The molecule has 0 unspecified atom stereocenters. The number of allylic oxidation sites excluding steroid dienone is 5. The van der Waals surface area contributed by atoms with E-state index in [9.17, 15) is 13.2 Å². The minimum Gasteiger partial charge on any atom is -0.494 e. The Morgan fingerprint density at radius 1 is 1.17 bits per heavy atom. The van der Waals surface area contributed by atoms with E-state index in [0.29, 0.717) is 0 Å². The summed E-state index contributed by atoms with van der Waals surface area (Å²) in [5, 5.41) is 20.4. The van der Waals surface area contributed by atoms with Gasteiger partial charge in [0.05, 0.1) is 11.3 Å². The molecule has 0 saturated heterocycles. The molecule has 0 aliphatic rings. The summed E-state index contributed by atoms with van der Waals surface area (Å²) < 4.78 is 46.1. The van der Waals surface area contributed by atoms with Crippen molar-refractivity contribution in [3.8, 4) is 6.07 Å². The molecule has 30 heavy (non-hydrogen) atoms. The quantitative estimate of drug-likeness (QED) is 0.433. The molecule has 1 heterocycles. The first-order valence-electron chi connectivity index (χ1n) is 8.86. The zero-order valence-corrected chi connectivity index (χ0v) is 16.0. The lowest BCUT2D eigenvalue weighted by Crippen LogP contribution is -2.11. The standard InChI is InChI=1S/C22H17F3N4O/c1-14(21-20(12-26)27-29-28-21)10-18(22(23,24)25)11-15(2)30-13-17-8-5-7-16-6-3-4-9-19(16)17/h3-11H,1,13H2,2H3,(H,27,28,29)/b15-11+,18-10+. The average Bonchev–Trinajstić information content (AvgIpc) is 3.20. The van der Waals surface area contributed by atoms with Gasteiger partial charge in [-0.2, -0.15) is 28.7 Å². The summed E-state index contributed by atoms with van der Waals surface area (Å²) in [5.41, 5.74) is -0.378. The lowest BCUT2D eigenvalue weighted by atomic mass is 10.1. The number of nitrogens with zero attached hydrogens (tertiary/aromatic N) is 3. The molecule has 0 spiro atoms. The molecule has 0 atom stereocenters. The van der Waals surface area contributed by atoms with E-state index in [-0.39, 0.29) is 29.3 Å². The van der Waals surface area contributed by atoms with Crippen LogP contribution < -0.4 is 0 Å². The summed E-state index contributed by atoms with van der Waals surface area (Å²) in [7, 11) is 0. The number of hydrogen-bond donors (Lipinski definition) is 1. The third-order valence-corrected chi connectivity index (χ3v) is 4.31. The van der Waals surface area contributed by atoms with E-state index < -0.39 is 11.7 Å². The summed E-state index contributed by atoms with van der Waals surface area (Å²) in [4.78, 5) is 0. The van der Waals surface area contributed by atoms with Crippen LogP contribution in [0, 0.1) is 11.3 Å². The molecule has 1 aromatic heterocycles. The maximum Gasteiger partial charge on any atom is 0.416 e. The van der Waals surface area contributed by atoms with Crippen molar-refractivity contribution in [3.05, 3.63) is 89.5 Å². The summed E-state index contributed by atoms with van der Waals surface area (Å²) >= 11 is 0. The zero-order valence-electron chi connectivity index (χ0n) is 16.0. The van der Waals surface area contributed by atoms with Crippen LogP contribution in [0.2, 0.25) is 0 Å². The van der Waals surface area contributed by atoms with E-state index >= 15 is 0 Å². The lowest BCUT2D eigenvalue weighted by Gasteiger charge is -2.12. The molecule has 0 saturated carbocycles. The van der Waals surface area contributed by atoms with Crippen molar-refractivity contribution in [2.24, 2.45) is 0 Å². The normalized spacial score (nSPS) is 12.6. The summed E-state index contributed by atoms with van der Waals surface area (Å²) in [5.74, 6) is 0.0833. The number of fused-ring (bicyclic) bond motifs is 1. The highest BCUT2D eigenvalue weighted by Gasteiger charge is 2.33. The van der Waals surface area contributed by atoms with Crippen molar-refractivity contribution < 1.29 is 17.9 Å². The molecule has 0 radical (unpaired) electrons. The van der Waals surface area contributed by atoms with Crippen LogP contribution in [0.4, 0.5) is 13.2 Å². The molecule has 152 valence electrons. The van der Waals surface area contributed by atoms with E-state index in [2.05, 4.69) is 22.0 Å². The Labute approximate surface area is 170 Å². The Kier molecular flexibility index (Phi) is 6.02. The Morgan fingerprint density at radius 2 is 1.90 bits per heavy atom. The number of hydrogen-bond acceptors (Lipinski definition) is 4. The van der Waals surface area contributed by atoms with Crippen LogP contribution >= 0.6 is 0 Å². The number of nitriles is 1. The molecule has 0 amide bonds. The average molecular weight is 410 g/mol. The predicted octanol–water partition coefficient (Wildman–Crippen LogP) is 5.45. The molecule has 3 aromatic rings. The van der Waals surface area contributed by atoms with Gasteiger partial charge in [0.2, 0.25) is 0 Å². The number of nitrogens with one attached hydrogen (secondary N) is 1. The van der Waals surface area contributed by atoms with Crippen LogP contribution in [0.1, 0.15) is 23.9 Å². The van der Waals surface area contributed by atoms with Crippen LogP contribution in [-0.2, 0) is 11.3 Å². The van der Waals surface area contributed by atoms with Crippen molar-refractivity contribution in [1.82, 2.24) is 15.4 Å². The van der Waals surface area contributed by atoms with Gasteiger partial charge >= 0.3 is 6.18 Å². The number of rotatable bonds is 6. The van der Waals surface area contributed by atoms with E-state index in [1.54, 1.807) is 6.07 Å². The fourth-order valence-electron chi connectivity index (χ4n) is 2.86. The number of alkyl halides is 3. The summed E-state index contributed by atoms with van der Waals surface area (Å²) in [6, 6.07) is 15.1. The SMILES string of the molecule is C=C(/C=C(\C=C(/C)OCc1cccc2ccccc12)C(F)(F)F)c1n[nH]nc1C#N. The van der Waals surface area contributed by atoms with Gasteiger partial charge in [-0.05, 0) is 41.0 Å². The van der Waals surface area contributed by atoms with Crippen molar-refractivity contribution in [1.29, 1.82) is 5.26 Å². The molecule has 0 aliphatic carbocycles. The number of H-pyrrole nitrogens is 1. The maximum atomic E-state index is 13.5. The Hall–Kier alpha value is -3.86. The smallest absolute Gasteiger partial charge is 0.416 e. The summed E-state index contributed by atoms with van der Waals surface area (Å²) in [6.45, 7) is 5.15. The van der Waals surface area contributed by atoms with E-state index in [1.165, 1.54) is 6.92 Å². The number of halogens is 3. The maximum absolute atomic E-state index is 13.5. The summed E-state index contributed by atoms with van der Waals surface area (Å²) in [6.07, 6.45) is -2.95. The second-order valence-corrected chi connectivity index (χ2v) is 6.44. The fraction of sp³-hybridized carbons (Fsp3) is 0.136. The molecule has 0 fully saturated rings. The van der Waals surface area contributed by atoms with Gasteiger partial charge in [-0.15, -0.1) is 5.10 Å². The first-order valence-corrected chi connectivity index (χ1v) is 8.86. The number of ether oxygens (including phenoxy) is 1. The van der Waals surface area contributed by atoms with Gasteiger partial charge in [0.1, 0.15) is 18.4 Å². The second-order valence-electron chi connectivity index (χ2n) is 6.44. The zero-order chi connectivity index (χ0) is 21.7. The first kappa shape index (κ1) is 20.9. The molecule has 8 heteroatoms. The lowest BCUT2D eigenvalue weighted by molar-refractivity contribution is -0.0884. The van der Waals surface area contributed by atoms with E-state index in [4.69, 9.17) is 10.00 Å².